The number of rotatable bonds is 11. The minimum atomic E-state index is -4.02. The molecule has 3 N–H and O–H groups in total. The van der Waals surface area contributed by atoms with E-state index in [0.29, 0.717) is 11.1 Å². The van der Waals surface area contributed by atoms with Crippen molar-refractivity contribution in [3.8, 4) is 5.75 Å². The number of carboxylic acids is 1. The van der Waals surface area contributed by atoms with Gasteiger partial charge in [0.1, 0.15) is 17.6 Å². The largest absolute Gasteiger partial charge is 0.490 e. The number of carbonyl (C=O) groups is 1. The monoisotopic (exact) mass is 537 g/mol. The summed E-state index contributed by atoms with van der Waals surface area (Å²) in [6.45, 7) is 6.15. The van der Waals surface area contributed by atoms with Crippen molar-refractivity contribution in [2.24, 2.45) is 0 Å². The Morgan fingerprint density at radius 1 is 1.13 bits per heavy atom. The Labute approximate surface area is 224 Å². The third-order valence-electron chi connectivity index (χ3n) is 6.74. The Morgan fingerprint density at radius 3 is 2.58 bits per heavy atom. The van der Waals surface area contributed by atoms with E-state index < -0.39 is 22.0 Å². The molecule has 1 unspecified atom stereocenters. The lowest BCUT2D eigenvalue weighted by Gasteiger charge is -2.27. The van der Waals surface area contributed by atoms with E-state index in [1.165, 1.54) is 0 Å². The van der Waals surface area contributed by atoms with Gasteiger partial charge in [0.15, 0.2) is 0 Å². The molecule has 1 aromatic heterocycles. The predicted octanol–water partition coefficient (Wildman–Crippen LogP) is 4.57. The number of hydrogen-bond acceptors (Lipinski definition) is 6. The van der Waals surface area contributed by atoms with Crippen LogP contribution in [0.1, 0.15) is 47.1 Å². The summed E-state index contributed by atoms with van der Waals surface area (Å²) in [7, 11) is -4.02. The molecule has 0 spiro atoms. The summed E-state index contributed by atoms with van der Waals surface area (Å²) in [5.41, 5.74) is 3.90. The summed E-state index contributed by atoms with van der Waals surface area (Å²) in [5, 5.41) is 13.1. The molecule has 0 amide bonds. The Balaban J connectivity index is 1.36. The van der Waals surface area contributed by atoms with Gasteiger partial charge in [-0.05, 0) is 93.3 Å². The first kappa shape index (κ1) is 27.6. The van der Waals surface area contributed by atoms with E-state index in [1.807, 2.05) is 43.3 Å². The van der Waals surface area contributed by atoms with Crippen LogP contribution in [-0.2, 0) is 27.7 Å². The molecule has 1 aliphatic rings. The van der Waals surface area contributed by atoms with E-state index in [1.54, 1.807) is 32.2 Å². The van der Waals surface area contributed by atoms with Crippen molar-refractivity contribution in [2.45, 2.75) is 69.9 Å². The normalized spacial score (nSPS) is 15.8. The number of ether oxygens (including phenoxy) is 1. The minimum absolute atomic E-state index is 0.0361. The van der Waals surface area contributed by atoms with Gasteiger partial charge in [-0.25, -0.2) is 13.4 Å². The second-order valence-corrected chi connectivity index (χ2v) is 11.6. The van der Waals surface area contributed by atoms with Gasteiger partial charge in [-0.1, -0.05) is 35.9 Å². The molecule has 0 bridgehead atoms. The fraction of sp³-hybridized carbons (Fsp3) is 0.379. The number of aromatic nitrogens is 1. The summed E-state index contributed by atoms with van der Waals surface area (Å²) in [4.78, 5) is 16.4. The molecule has 9 heteroatoms. The number of benzene rings is 2. The number of aryl methyl sites for hydroxylation is 4. The average Bonchev–Trinajstić information content (AvgIpc) is 2.86. The Hall–Kier alpha value is -3.43. The number of pyridine rings is 1. The first-order valence-corrected chi connectivity index (χ1v) is 14.4. The van der Waals surface area contributed by atoms with Crippen molar-refractivity contribution in [2.75, 3.05) is 11.9 Å². The third-order valence-corrected chi connectivity index (χ3v) is 8.51. The van der Waals surface area contributed by atoms with Gasteiger partial charge in [-0.3, -0.25) is 4.79 Å². The molecule has 0 saturated heterocycles. The molecule has 0 radical (unpaired) electrons. The van der Waals surface area contributed by atoms with Gasteiger partial charge in [0.25, 0.3) is 0 Å². The molecular weight excluding hydrogens is 502 g/mol. The molecule has 8 nitrogen and oxygen atoms in total. The zero-order valence-corrected chi connectivity index (χ0v) is 22.8. The highest BCUT2D eigenvalue weighted by atomic mass is 32.2. The van der Waals surface area contributed by atoms with Gasteiger partial charge in [0.2, 0.25) is 10.0 Å². The predicted molar refractivity (Wildman–Crippen MR) is 147 cm³/mol. The number of sulfonamides is 1. The van der Waals surface area contributed by atoms with Crippen LogP contribution in [0.25, 0.3) is 0 Å². The topological polar surface area (TPSA) is 118 Å². The smallest absolute Gasteiger partial charge is 0.322 e. The van der Waals surface area contributed by atoms with Crippen molar-refractivity contribution in [3.63, 3.8) is 0 Å². The Kier molecular flexibility index (Phi) is 8.69. The van der Waals surface area contributed by atoms with E-state index in [-0.39, 0.29) is 17.4 Å². The van der Waals surface area contributed by atoms with Gasteiger partial charge < -0.3 is 15.2 Å². The number of hydrogen-bond donors (Lipinski definition) is 3. The maximum absolute atomic E-state index is 13.1. The maximum Gasteiger partial charge on any atom is 0.322 e. The highest BCUT2D eigenvalue weighted by Gasteiger charge is 2.29. The molecule has 2 aromatic carbocycles. The molecule has 0 aliphatic carbocycles. The quantitative estimate of drug-likeness (QED) is 0.307. The fourth-order valence-electron chi connectivity index (χ4n) is 5.09. The summed E-state index contributed by atoms with van der Waals surface area (Å²) in [5.74, 6) is 0.450. The minimum Gasteiger partial charge on any atom is -0.490 e. The molecule has 0 saturated carbocycles. The van der Waals surface area contributed by atoms with E-state index in [2.05, 4.69) is 15.0 Å². The Bertz CT molecular complexity index is 1370. The number of aliphatic carboxylic acids is 1. The van der Waals surface area contributed by atoms with E-state index in [9.17, 15) is 18.3 Å². The first-order chi connectivity index (χ1) is 18.1. The average molecular weight is 538 g/mol. The van der Waals surface area contributed by atoms with Crippen LogP contribution in [-0.4, -0.2) is 43.2 Å². The molecule has 202 valence electrons. The molecule has 1 aliphatic heterocycles. The molecule has 3 aromatic rings. The second-order valence-electron chi connectivity index (χ2n) is 9.95. The number of carboxylic acid groups (broad SMARTS) is 1. The second kappa shape index (κ2) is 12.0. The van der Waals surface area contributed by atoms with Crippen molar-refractivity contribution in [3.05, 3.63) is 82.5 Å². The van der Waals surface area contributed by atoms with Crippen LogP contribution in [0.5, 0.6) is 5.75 Å². The van der Waals surface area contributed by atoms with Gasteiger partial charge in [0, 0.05) is 12.7 Å². The standard InChI is InChI=1S/C29H35N3O5S/c1-19-15-20(2)28(21(3)16-19)38(35,36)32-25(29(33)34)18-22-9-12-26-23(17-22)10-11-24(37-26)7-6-14-31-27-8-4-5-13-30-27/h4-5,8-9,12-13,15-17,24-25,32H,6-7,10-11,14,18H2,1-3H3,(H,30,31)(H,33,34)/t24?,25-/m0/s1. The number of anilines is 1. The van der Waals surface area contributed by atoms with Crippen LogP contribution < -0.4 is 14.8 Å². The van der Waals surface area contributed by atoms with Crippen molar-refractivity contribution < 1.29 is 23.1 Å². The zero-order valence-electron chi connectivity index (χ0n) is 22.0. The highest BCUT2D eigenvalue weighted by molar-refractivity contribution is 7.89. The highest BCUT2D eigenvalue weighted by Crippen LogP contribution is 2.30. The lowest BCUT2D eigenvalue weighted by Crippen LogP contribution is -2.42. The van der Waals surface area contributed by atoms with E-state index in [0.717, 1.165) is 60.5 Å². The third kappa shape index (κ3) is 6.90. The van der Waals surface area contributed by atoms with Crippen LogP contribution in [0.15, 0.2) is 59.6 Å². The molecule has 2 atom stereocenters. The molecule has 2 heterocycles. The number of nitrogens with zero attached hydrogens (tertiary/aromatic N) is 1. The van der Waals surface area contributed by atoms with Crippen LogP contribution in [0.3, 0.4) is 0 Å². The fourth-order valence-corrected chi connectivity index (χ4v) is 6.74. The molecular formula is C29H35N3O5S. The lowest BCUT2D eigenvalue weighted by molar-refractivity contribution is -0.138. The number of nitrogens with one attached hydrogen (secondary N) is 2. The summed E-state index contributed by atoms with van der Waals surface area (Å²) in [6.07, 6.45) is 5.49. The summed E-state index contributed by atoms with van der Waals surface area (Å²) < 4.78 is 34.9. The van der Waals surface area contributed by atoms with Crippen molar-refractivity contribution >= 4 is 21.8 Å². The van der Waals surface area contributed by atoms with Gasteiger partial charge in [0.05, 0.1) is 11.0 Å². The van der Waals surface area contributed by atoms with Gasteiger partial charge in [-0.2, -0.15) is 4.72 Å². The van der Waals surface area contributed by atoms with Crippen LogP contribution in [0.2, 0.25) is 0 Å². The van der Waals surface area contributed by atoms with Crippen molar-refractivity contribution in [1.29, 1.82) is 0 Å². The zero-order chi connectivity index (χ0) is 27.3. The van der Waals surface area contributed by atoms with Gasteiger partial charge >= 0.3 is 5.97 Å². The molecule has 4 rings (SSSR count). The van der Waals surface area contributed by atoms with E-state index in [4.69, 9.17) is 4.74 Å². The summed E-state index contributed by atoms with van der Waals surface area (Å²) >= 11 is 0. The Morgan fingerprint density at radius 2 is 1.89 bits per heavy atom. The summed E-state index contributed by atoms with van der Waals surface area (Å²) in [6, 6.07) is 13.7. The first-order valence-electron chi connectivity index (χ1n) is 12.9. The SMILES string of the molecule is Cc1cc(C)c(S(=O)(=O)N[C@@H](Cc2ccc3c(c2)CCC(CCCNc2ccccn2)O3)C(=O)O)c(C)c1. The lowest BCUT2D eigenvalue weighted by atomic mass is 9.96. The maximum atomic E-state index is 13.1. The van der Waals surface area contributed by atoms with Crippen molar-refractivity contribution in [1.82, 2.24) is 9.71 Å². The van der Waals surface area contributed by atoms with Gasteiger partial charge in [-0.15, -0.1) is 0 Å². The van der Waals surface area contributed by atoms with Crippen LogP contribution >= 0.6 is 0 Å². The van der Waals surface area contributed by atoms with Crippen LogP contribution in [0.4, 0.5) is 5.82 Å². The number of fused-ring (bicyclic) bond motifs is 1. The van der Waals surface area contributed by atoms with E-state index >= 15 is 0 Å². The molecule has 38 heavy (non-hydrogen) atoms. The molecule has 0 fully saturated rings. The van der Waals surface area contributed by atoms with Crippen LogP contribution in [0, 0.1) is 20.8 Å².